The monoisotopic (exact) mass is 264 g/mol. The minimum Gasteiger partial charge on any atom is -0.497 e. The molecule has 1 aliphatic rings. The van der Waals surface area contributed by atoms with Crippen molar-refractivity contribution in [3.8, 4) is 11.5 Å². The number of hydrogen-bond donors (Lipinski definition) is 1. The summed E-state index contributed by atoms with van der Waals surface area (Å²) in [6, 6.07) is 5.60. The van der Waals surface area contributed by atoms with Crippen LogP contribution >= 0.6 is 0 Å². The van der Waals surface area contributed by atoms with Crippen LogP contribution in [0.25, 0.3) is 0 Å². The maximum atomic E-state index is 11.8. The summed E-state index contributed by atoms with van der Waals surface area (Å²) in [6.45, 7) is 1.42. The molecule has 0 spiro atoms. The number of amides is 1. The van der Waals surface area contributed by atoms with Crippen LogP contribution in [0.1, 0.15) is 12.0 Å². The smallest absolute Gasteiger partial charge is 0.239 e. The minimum absolute atomic E-state index is 0.0863. The third-order valence-corrected chi connectivity index (χ3v) is 3.46. The zero-order valence-electron chi connectivity index (χ0n) is 11.6. The molecule has 0 aromatic heterocycles. The summed E-state index contributed by atoms with van der Waals surface area (Å²) < 4.78 is 10.5. The van der Waals surface area contributed by atoms with Gasteiger partial charge in [-0.25, -0.2) is 0 Å². The number of carbonyl (C=O) groups excluding carboxylic acids is 1. The van der Waals surface area contributed by atoms with Gasteiger partial charge in [-0.2, -0.15) is 0 Å². The fourth-order valence-corrected chi connectivity index (χ4v) is 2.24. The molecule has 0 saturated carbocycles. The lowest BCUT2D eigenvalue weighted by atomic mass is 10.1. The Morgan fingerprint density at radius 2 is 2.16 bits per heavy atom. The van der Waals surface area contributed by atoms with Crippen LogP contribution in [0.3, 0.4) is 0 Å². The molecule has 1 amide bonds. The summed E-state index contributed by atoms with van der Waals surface area (Å²) in [5, 5.41) is 3.28. The predicted octanol–water partition coefficient (Wildman–Crippen LogP) is 1.02. The van der Waals surface area contributed by atoms with Crippen molar-refractivity contribution in [1.29, 1.82) is 0 Å². The predicted molar refractivity (Wildman–Crippen MR) is 72.4 cm³/mol. The van der Waals surface area contributed by atoms with Crippen molar-refractivity contribution in [2.45, 2.75) is 19.0 Å². The standard InChI is InChI=1S/C14H20N2O3/c1-16-7-6-12(14(16)17)15-9-10-4-5-11(18-2)8-13(10)19-3/h4-5,8,12,15H,6-7,9H2,1-3H3. The highest BCUT2D eigenvalue weighted by molar-refractivity contribution is 5.83. The summed E-state index contributed by atoms with van der Waals surface area (Å²) >= 11 is 0. The molecule has 1 aliphatic heterocycles. The number of benzene rings is 1. The number of methoxy groups -OCH3 is 2. The Morgan fingerprint density at radius 3 is 2.74 bits per heavy atom. The van der Waals surface area contributed by atoms with E-state index in [0.29, 0.717) is 6.54 Å². The van der Waals surface area contributed by atoms with Crippen LogP contribution in [0.5, 0.6) is 11.5 Å². The third-order valence-electron chi connectivity index (χ3n) is 3.46. The van der Waals surface area contributed by atoms with Crippen molar-refractivity contribution in [1.82, 2.24) is 10.2 Å². The Kier molecular flexibility index (Phi) is 4.27. The van der Waals surface area contributed by atoms with Gasteiger partial charge in [0.2, 0.25) is 5.91 Å². The first-order valence-corrected chi connectivity index (χ1v) is 6.35. The normalized spacial score (nSPS) is 18.8. The van der Waals surface area contributed by atoms with Crippen LogP contribution in [0, 0.1) is 0 Å². The maximum absolute atomic E-state index is 11.8. The van der Waals surface area contributed by atoms with Gasteiger partial charge < -0.3 is 19.7 Å². The van der Waals surface area contributed by atoms with Gasteiger partial charge in [0.15, 0.2) is 0 Å². The van der Waals surface area contributed by atoms with Gasteiger partial charge >= 0.3 is 0 Å². The van der Waals surface area contributed by atoms with Crippen molar-refractivity contribution >= 4 is 5.91 Å². The summed E-state index contributed by atoms with van der Waals surface area (Å²) in [5.74, 6) is 1.69. The van der Waals surface area contributed by atoms with E-state index < -0.39 is 0 Å². The molecule has 1 fully saturated rings. The van der Waals surface area contributed by atoms with E-state index in [9.17, 15) is 4.79 Å². The van der Waals surface area contributed by atoms with Gasteiger partial charge in [-0.05, 0) is 12.5 Å². The van der Waals surface area contributed by atoms with Crippen LogP contribution in [0.15, 0.2) is 18.2 Å². The molecule has 2 rings (SSSR count). The molecular formula is C14H20N2O3. The molecule has 5 heteroatoms. The van der Waals surface area contributed by atoms with Gasteiger partial charge in [0.1, 0.15) is 11.5 Å². The zero-order chi connectivity index (χ0) is 13.8. The number of ether oxygens (including phenoxy) is 2. The van der Waals surface area contributed by atoms with Gasteiger partial charge in [0.05, 0.1) is 20.3 Å². The van der Waals surface area contributed by atoms with Crippen LogP contribution in [0.4, 0.5) is 0 Å². The van der Waals surface area contributed by atoms with E-state index in [4.69, 9.17) is 9.47 Å². The topological polar surface area (TPSA) is 50.8 Å². The average molecular weight is 264 g/mol. The third kappa shape index (κ3) is 2.98. The van der Waals surface area contributed by atoms with Gasteiger partial charge in [-0.3, -0.25) is 4.79 Å². The van der Waals surface area contributed by atoms with Crippen LogP contribution in [-0.4, -0.2) is 44.7 Å². The van der Waals surface area contributed by atoms with Crippen molar-refractivity contribution < 1.29 is 14.3 Å². The first-order chi connectivity index (χ1) is 9.15. The molecular weight excluding hydrogens is 244 g/mol. The lowest BCUT2D eigenvalue weighted by molar-refractivity contribution is -0.128. The van der Waals surface area contributed by atoms with Crippen molar-refractivity contribution in [2.24, 2.45) is 0 Å². The molecule has 0 aliphatic carbocycles. The largest absolute Gasteiger partial charge is 0.497 e. The number of nitrogens with one attached hydrogen (secondary N) is 1. The second-order valence-electron chi connectivity index (χ2n) is 4.66. The molecule has 1 aromatic rings. The summed E-state index contributed by atoms with van der Waals surface area (Å²) in [7, 11) is 5.09. The average Bonchev–Trinajstić information content (AvgIpc) is 2.76. The molecule has 1 N–H and O–H groups in total. The van der Waals surface area contributed by atoms with Gasteiger partial charge in [-0.1, -0.05) is 6.07 Å². The molecule has 1 atom stereocenters. The number of likely N-dealkylation sites (N-methyl/N-ethyl adjacent to an activating group) is 1. The zero-order valence-corrected chi connectivity index (χ0v) is 11.6. The van der Waals surface area contributed by atoms with E-state index in [1.807, 2.05) is 25.2 Å². The molecule has 0 radical (unpaired) electrons. The number of rotatable bonds is 5. The lowest BCUT2D eigenvalue weighted by Gasteiger charge is -2.14. The molecule has 1 aromatic carbocycles. The van der Waals surface area contributed by atoms with E-state index in [2.05, 4.69) is 5.32 Å². The summed E-state index contributed by atoms with van der Waals surface area (Å²) in [5.41, 5.74) is 1.02. The summed E-state index contributed by atoms with van der Waals surface area (Å²) in [6.07, 6.45) is 0.855. The van der Waals surface area contributed by atoms with Crippen molar-refractivity contribution in [2.75, 3.05) is 27.8 Å². The van der Waals surface area contributed by atoms with E-state index in [-0.39, 0.29) is 11.9 Å². The summed E-state index contributed by atoms with van der Waals surface area (Å²) in [4.78, 5) is 13.5. The first kappa shape index (κ1) is 13.7. The van der Waals surface area contributed by atoms with Gasteiger partial charge in [-0.15, -0.1) is 0 Å². The molecule has 19 heavy (non-hydrogen) atoms. The fraction of sp³-hybridized carbons (Fsp3) is 0.500. The highest BCUT2D eigenvalue weighted by Gasteiger charge is 2.28. The van der Waals surface area contributed by atoms with Crippen LogP contribution in [-0.2, 0) is 11.3 Å². The SMILES string of the molecule is COc1ccc(CNC2CCN(C)C2=O)c(OC)c1. The molecule has 5 nitrogen and oxygen atoms in total. The lowest BCUT2D eigenvalue weighted by Crippen LogP contribution is -2.36. The number of likely N-dealkylation sites (tertiary alicyclic amines) is 1. The number of nitrogens with zero attached hydrogens (tertiary/aromatic N) is 1. The Morgan fingerprint density at radius 1 is 1.37 bits per heavy atom. The van der Waals surface area contributed by atoms with Crippen LogP contribution < -0.4 is 14.8 Å². The molecule has 104 valence electrons. The Hall–Kier alpha value is -1.75. The van der Waals surface area contributed by atoms with E-state index in [0.717, 1.165) is 30.0 Å². The van der Waals surface area contributed by atoms with E-state index >= 15 is 0 Å². The van der Waals surface area contributed by atoms with E-state index in [1.54, 1.807) is 19.1 Å². The highest BCUT2D eigenvalue weighted by Crippen LogP contribution is 2.24. The Bertz CT molecular complexity index is 462. The van der Waals surface area contributed by atoms with E-state index in [1.165, 1.54) is 0 Å². The minimum atomic E-state index is -0.0863. The number of carbonyl (C=O) groups is 1. The Labute approximate surface area is 113 Å². The quantitative estimate of drug-likeness (QED) is 0.863. The molecule has 1 heterocycles. The number of hydrogen-bond acceptors (Lipinski definition) is 4. The van der Waals surface area contributed by atoms with Crippen molar-refractivity contribution in [3.63, 3.8) is 0 Å². The Balaban J connectivity index is 2.01. The molecule has 1 unspecified atom stereocenters. The second kappa shape index (κ2) is 5.93. The molecule has 0 bridgehead atoms. The first-order valence-electron chi connectivity index (χ1n) is 6.35. The fourth-order valence-electron chi connectivity index (χ4n) is 2.24. The van der Waals surface area contributed by atoms with Crippen LogP contribution in [0.2, 0.25) is 0 Å². The molecule has 1 saturated heterocycles. The van der Waals surface area contributed by atoms with Gasteiger partial charge in [0, 0.05) is 31.8 Å². The highest BCUT2D eigenvalue weighted by atomic mass is 16.5. The maximum Gasteiger partial charge on any atom is 0.239 e. The van der Waals surface area contributed by atoms with Crippen molar-refractivity contribution in [3.05, 3.63) is 23.8 Å². The van der Waals surface area contributed by atoms with Gasteiger partial charge in [0.25, 0.3) is 0 Å². The second-order valence-corrected chi connectivity index (χ2v) is 4.66.